The molecule has 0 saturated carbocycles. The Morgan fingerprint density at radius 2 is 1.96 bits per heavy atom. The predicted octanol–water partition coefficient (Wildman–Crippen LogP) is 4.40. The summed E-state index contributed by atoms with van der Waals surface area (Å²) in [5, 5.41) is 10.1. The Kier molecular flexibility index (Phi) is 4.92. The van der Waals surface area contributed by atoms with Crippen molar-refractivity contribution in [3.05, 3.63) is 40.0 Å². The van der Waals surface area contributed by atoms with Crippen molar-refractivity contribution < 1.29 is 9.90 Å². The van der Waals surface area contributed by atoms with E-state index in [0.29, 0.717) is 5.82 Å². The lowest BCUT2D eigenvalue weighted by molar-refractivity contribution is -0.135. The number of fused-ring (bicyclic) bond motifs is 1. The van der Waals surface area contributed by atoms with Crippen molar-refractivity contribution in [2.45, 2.75) is 20.3 Å². The Hall–Kier alpha value is -2.18. The van der Waals surface area contributed by atoms with Gasteiger partial charge in [0.1, 0.15) is 17.2 Å². The van der Waals surface area contributed by atoms with Crippen LogP contribution in [-0.4, -0.2) is 34.6 Å². The Bertz CT molecular complexity index is 938. The van der Waals surface area contributed by atoms with Gasteiger partial charge in [0.05, 0.1) is 5.39 Å². The average Bonchev–Trinajstić information content (AvgIpc) is 2.92. The van der Waals surface area contributed by atoms with Gasteiger partial charge in [-0.2, -0.15) is 4.98 Å². The van der Waals surface area contributed by atoms with Crippen LogP contribution in [-0.2, 0) is 11.2 Å². The Morgan fingerprint density at radius 1 is 1.28 bits per heavy atom. The number of likely N-dealkylation sites (N-methyl/N-ethyl adjacent to an activating group) is 1. The van der Waals surface area contributed by atoms with E-state index in [-0.39, 0.29) is 11.8 Å². The third-order valence-electron chi connectivity index (χ3n) is 3.97. The van der Waals surface area contributed by atoms with Crippen LogP contribution in [0, 0.1) is 6.92 Å². The molecule has 2 aromatic heterocycles. The van der Waals surface area contributed by atoms with Crippen molar-refractivity contribution in [1.29, 1.82) is 0 Å². The number of carboxylic acid groups (broad SMARTS) is 1. The second kappa shape index (κ2) is 6.98. The SMILES string of the molecule is CCc1sc2nc(Cl)nc(N(C)CC(=O)O)c2c1-c1ccc(C)cc1. The fraction of sp³-hybridized carbons (Fsp3) is 0.278. The molecule has 5 nitrogen and oxygen atoms in total. The zero-order valence-electron chi connectivity index (χ0n) is 14.2. The van der Waals surface area contributed by atoms with Gasteiger partial charge in [-0.3, -0.25) is 4.79 Å². The van der Waals surface area contributed by atoms with Gasteiger partial charge >= 0.3 is 5.97 Å². The van der Waals surface area contributed by atoms with Crippen molar-refractivity contribution in [3.8, 4) is 11.1 Å². The van der Waals surface area contributed by atoms with Gasteiger partial charge in [0.2, 0.25) is 5.28 Å². The van der Waals surface area contributed by atoms with E-state index in [9.17, 15) is 4.79 Å². The highest BCUT2D eigenvalue weighted by atomic mass is 35.5. The van der Waals surface area contributed by atoms with Crippen molar-refractivity contribution in [3.63, 3.8) is 0 Å². The predicted molar refractivity (Wildman–Crippen MR) is 103 cm³/mol. The van der Waals surface area contributed by atoms with Crippen molar-refractivity contribution >= 4 is 44.9 Å². The second-order valence-electron chi connectivity index (χ2n) is 5.87. The molecular weight excluding hydrogens is 358 g/mol. The number of rotatable bonds is 5. The summed E-state index contributed by atoms with van der Waals surface area (Å²) in [5.41, 5.74) is 3.32. The molecule has 0 fully saturated rings. The van der Waals surface area contributed by atoms with Crippen LogP contribution in [0.1, 0.15) is 17.4 Å². The standard InChI is InChI=1S/C18H18ClN3O2S/c1-4-12-14(11-7-5-10(2)6-8-11)15-16(22(3)9-13(23)24)20-18(19)21-17(15)25-12/h5-8H,4,9H2,1-3H3,(H,23,24). The van der Waals surface area contributed by atoms with Crippen LogP contribution in [0.5, 0.6) is 0 Å². The van der Waals surface area contributed by atoms with Crippen molar-refractivity contribution in [1.82, 2.24) is 9.97 Å². The molecule has 0 amide bonds. The van der Waals surface area contributed by atoms with Crippen LogP contribution >= 0.6 is 22.9 Å². The van der Waals surface area contributed by atoms with Gasteiger partial charge in [-0.15, -0.1) is 11.3 Å². The molecule has 25 heavy (non-hydrogen) atoms. The van der Waals surface area contributed by atoms with Crippen molar-refractivity contribution in [2.75, 3.05) is 18.5 Å². The minimum atomic E-state index is -0.923. The summed E-state index contributed by atoms with van der Waals surface area (Å²) in [7, 11) is 1.70. The third kappa shape index (κ3) is 3.45. The van der Waals surface area contributed by atoms with E-state index in [0.717, 1.165) is 27.8 Å². The van der Waals surface area contributed by atoms with Gasteiger partial charge in [-0.05, 0) is 30.5 Å². The number of aromatic nitrogens is 2. The zero-order valence-corrected chi connectivity index (χ0v) is 15.8. The molecule has 130 valence electrons. The molecule has 7 heteroatoms. The summed E-state index contributed by atoms with van der Waals surface area (Å²) in [6, 6.07) is 8.28. The summed E-state index contributed by atoms with van der Waals surface area (Å²) in [5.74, 6) is -0.378. The van der Waals surface area contributed by atoms with E-state index in [1.807, 2.05) is 6.92 Å². The second-order valence-corrected chi connectivity index (χ2v) is 7.29. The number of carbonyl (C=O) groups is 1. The molecule has 0 unspecified atom stereocenters. The smallest absolute Gasteiger partial charge is 0.323 e. The first kappa shape index (κ1) is 17.6. The van der Waals surface area contributed by atoms with E-state index in [2.05, 4.69) is 41.2 Å². The number of carboxylic acids is 1. The highest BCUT2D eigenvalue weighted by molar-refractivity contribution is 7.19. The Balaban J connectivity index is 2.31. The molecular formula is C18H18ClN3O2S. The monoisotopic (exact) mass is 375 g/mol. The molecule has 0 aliphatic rings. The van der Waals surface area contributed by atoms with Crippen LogP contribution in [0.15, 0.2) is 24.3 Å². The van der Waals surface area contributed by atoms with Crippen LogP contribution in [0.2, 0.25) is 5.28 Å². The number of thiophene rings is 1. The fourth-order valence-electron chi connectivity index (χ4n) is 2.83. The van der Waals surface area contributed by atoms with E-state index in [4.69, 9.17) is 16.7 Å². The lowest BCUT2D eigenvalue weighted by Gasteiger charge is -2.17. The minimum Gasteiger partial charge on any atom is -0.480 e. The maximum atomic E-state index is 11.1. The van der Waals surface area contributed by atoms with Crippen LogP contribution < -0.4 is 4.90 Å². The molecule has 0 saturated heterocycles. The molecule has 0 aliphatic heterocycles. The maximum Gasteiger partial charge on any atom is 0.323 e. The van der Waals surface area contributed by atoms with Crippen LogP contribution in [0.3, 0.4) is 0 Å². The number of benzene rings is 1. The Labute approximate surface area is 154 Å². The molecule has 2 heterocycles. The maximum absolute atomic E-state index is 11.1. The number of anilines is 1. The summed E-state index contributed by atoms with van der Waals surface area (Å²) in [4.78, 5) is 23.4. The summed E-state index contributed by atoms with van der Waals surface area (Å²) in [6.07, 6.45) is 0.851. The van der Waals surface area contributed by atoms with Crippen molar-refractivity contribution in [2.24, 2.45) is 0 Å². The van der Waals surface area contributed by atoms with E-state index >= 15 is 0 Å². The molecule has 3 rings (SSSR count). The topological polar surface area (TPSA) is 66.3 Å². The number of hydrogen-bond acceptors (Lipinski definition) is 5. The number of hydrogen-bond donors (Lipinski definition) is 1. The fourth-order valence-corrected chi connectivity index (χ4v) is 4.17. The quantitative estimate of drug-likeness (QED) is 0.669. The number of aliphatic carboxylic acids is 1. The van der Waals surface area contributed by atoms with Crippen LogP contribution in [0.4, 0.5) is 5.82 Å². The number of nitrogens with zero attached hydrogens (tertiary/aromatic N) is 3. The molecule has 1 aromatic carbocycles. The summed E-state index contributed by atoms with van der Waals surface area (Å²) < 4.78 is 0. The average molecular weight is 376 g/mol. The first-order chi connectivity index (χ1) is 11.9. The largest absolute Gasteiger partial charge is 0.480 e. The Morgan fingerprint density at radius 3 is 2.56 bits per heavy atom. The molecule has 0 radical (unpaired) electrons. The number of aryl methyl sites for hydroxylation is 2. The first-order valence-electron chi connectivity index (χ1n) is 7.89. The normalized spacial score (nSPS) is 11.0. The lowest BCUT2D eigenvalue weighted by Crippen LogP contribution is -2.26. The molecule has 0 spiro atoms. The number of halogens is 1. The molecule has 0 aliphatic carbocycles. The highest BCUT2D eigenvalue weighted by Crippen LogP contribution is 2.42. The molecule has 0 atom stereocenters. The van der Waals surface area contributed by atoms with E-state index in [1.165, 1.54) is 10.4 Å². The van der Waals surface area contributed by atoms with E-state index < -0.39 is 5.97 Å². The van der Waals surface area contributed by atoms with Gasteiger partial charge in [-0.1, -0.05) is 36.8 Å². The molecule has 1 N–H and O–H groups in total. The van der Waals surface area contributed by atoms with Gasteiger partial charge in [0.25, 0.3) is 0 Å². The van der Waals surface area contributed by atoms with Gasteiger partial charge in [0, 0.05) is 17.5 Å². The molecule has 0 bridgehead atoms. The van der Waals surface area contributed by atoms with Gasteiger partial charge < -0.3 is 10.0 Å². The third-order valence-corrected chi connectivity index (χ3v) is 5.37. The summed E-state index contributed by atoms with van der Waals surface area (Å²) >= 11 is 7.66. The first-order valence-corrected chi connectivity index (χ1v) is 9.09. The highest BCUT2D eigenvalue weighted by Gasteiger charge is 2.22. The van der Waals surface area contributed by atoms with Gasteiger partial charge in [-0.25, -0.2) is 4.98 Å². The zero-order chi connectivity index (χ0) is 18.1. The van der Waals surface area contributed by atoms with Gasteiger partial charge in [0.15, 0.2) is 0 Å². The lowest BCUT2D eigenvalue weighted by atomic mass is 10.0. The summed E-state index contributed by atoms with van der Waals surface area (Å²) in [6.45, 7) is 3.98. The van der Waals surface area contributed by atoms with Crippen LogP contribution in [0.25, 0.3) is 21.3 Å². The minimum absolute atomic E-state index is 0.124. The van der Waals surface area contributed by atoms with E-state index in [1.54, 1.807) is 23.3 Å². The molecule has 3 aromatic rings.